The molecule has 5 rings (SSSR count). The van der Waals surface area contributed by atoms with Crippen molar-refractivity contribution < 1.29 is 14.3 Å². The highest BCUT2D eigenvalue weighted by molar-refractivity contribution is 5.81. The zero-order chi connectivity index (χ0) is 19.1. The molecule has 2 aliphatic rings. The minimum Gasteiger partial charge on any atom is -0.497 e. The molecule has 0 spiro atoms. The van der Waals surface area contributed by atoms with Gasteiger partial charge in [0.2, 0.25) is 0 Å². The van der Waals surface area contributed by atoms with Gasteiger partial charge in [-0.05, 0) is 47.9 Å². The Bertz CT molecular complexity index is 1090. The number of hydrogen-bond donors (Lipinski definition) is 0. The number of carbonyl (C=O) groups excluding carboxylic acids is 1. The van der Waals surface area contributed by atoms with E-state index in [1.165, 1.54) is 11.1 Å². The van der Waals surface area contributed by atoms with Gasteiger partial charge in [0.15, 0.2) is 0 Å². The molecule has 140 valence electrons. The van der Waals surface area contributed by atoms with Crippen molar-refractivity contribution in [2.45, 2.75) is 12.3 Å². The average molecular weight is 371 g/mol. The summed E-state index contributed by atoms with van der Waals surface area (Å²) in [6, 6.07) is 18.4. The van der Waals surface area contributed by atoms with E-state index in [1.54, 1.807) is 7.11 Å². The van der Waals surface area contributed by atoms with Gasteiger partial charge < -0.3 is 9.47 Å². The Morgan fingerprint density at radius 1 is 1.14 bits per heavy atom. The van der Waals surface area contributed by atoms with E-state index in [1.807, 2.05) is 30.3 Å². The Labute approximate surface area is 163 Å². The third-order valence-electron chi connectivity index (χ3n) is 5.95. The first-order chi connectivity index (χ1) is 13.7. The van der Waals surface area contributed by atoms with E-state index in [0.717, 1.165) is 28.8 Å². The van der Waals surface area contributed by atoms with Crippen LogP contribution in [0.2, 0.25) is 0 Å². The fourth-order valence-corrected chi connectivity index (χ4v) is 4.47. The van der Waals surface area contributed by atoms with Crippen molar-refractivity contribution in [1.82, 2.24) is 4.98 Å². The number of carbonyl (C=O) groups is 1. The molecule has 0 radical (unpaired) electrons. The quantitative estimate of drug-likeness (QED) is 0.641. The molecule has 3 atom stereocenters. The molecule has 0 N–H and O–H groups in total. The summed E-state index contributed by atoms with van der Waals surface area (Å²) in [5.41, 5.74) is 4.38. The molecular formula is C24H21NO3. The maximum Gasteiger partial charge on any atom is 0.309 e. The number of rotatable bonds is 3. The first kappa shape index (κ1) is 17.0. The van der Waals surface area contributed by atoms with E-state index < -0.39 is 0 Å². The maximum atomic E-state index is 12.2. The Hall–Kier alpha value is -3.14. The molecule has 28 heavy (non-hydrogen) atoms. The van der Waals surface area contributed by atoms with E-state index in [0.29, 0.717) is 6.61 Å². The van der Waals surface area contributed by atoms with Crippen molar-refractivity contribution in [2.24, 2.45) is 11.8 Å². The molecular weight excluding hydrogens is 350 g/mol. The lowest BCUT2D eigenvalue weighted by Gasteiger charge is -2.31. The first-order valence-corrected chi connectivity index (χ1v) is 9.60. The van der Waals surface area contributed by atoms with Crippen molar-refractivity contribution in [3.8, 4) is 5.75 Å². The third kappa shape index (κ3) is 2.85. The van der Waals surface area contributed by atoms with Crippen LogP contribution < -0.4 is 4.74 Å². The predicted molar refractivity (Wildman–Crippen MR) is 108 cm³/mol. The molecule has 1 aliphatic heterocycles. The number of aromatic nitrogens is 1. The monoisotopic (exact) mass is 371 g/mol. The number of allylic oxidation sites excluding steroid dienone is 1. The lowest BCUT2D eigenvalue weighted by molar-refractivity contribution is -0.141. The van der Waals surface area contributed by atoms with Crippen LogP contribution in [0.5, 0.6) is 5.75 Å². The number of pyridine rings is 1. The van der Waals surface area contributed by atoms with Gasteiger partial charge in [-0.3, -0.25) is 4.79 Å². The molecule has 2 aromatic carbocycles. The molecule has 4 nitrogen and oxygen atoms in total. The molecule has 1 fully saturated rings. The summed E-state index contributed by atoms with van der Waals surface area (Å²) in [5.74, 6) is 1.09. The number of fused-ring (bicyclic) bond motifs is 3. The van der Waals surface area contributed by atoms with Crippen molar-refractivity contribution in [3.63, 3.8) is 0 Å². The predicted octanol–water partition coefficient (Wildman–Crippen LogP) is 4.39. The summed E-state index contributed by atoms with van der Waals surface area (Å²) in [7, 11) is 1.67. The van der Waals surface area contributed by atoms with Crippen molar-refractivity contribution in [1.29, 1.82) is 0 Å². The lowest BCUT2D eigenvalue weighted by atomic mass is 9.70. The zero-order valence-corrected chi connectivity index (χ0v) is 15.7. The van der Waals surface area contributed by atoms with E-state index >= 15 is 0 Å². The van der Waals surface area contributed by atoms with Gasteiger partial charge in [0, 0.05) is 17.2 Å². The van der Waals surface area contributed by atoms with Crippen LogP contribution in [0.3, 0.4) is 0 Å². The maximum absolute atomic E-state index is 12.2. The van der Waals surface area contributed by atoms with Crippen LogP contribution in [0.1, 0.15) is 22.7 Å². The summed E-state index contributed by atoms with van der Waals surface area (Å²) in [5, 5.41) is 1.05. The Morgan fingerprint density at radius 2 is 2.04 bits per heavy atom. The number of ether oxygens (including phenoxy) is 2. The summed E-state index contributed by atoms with van der Waals surface area (Å²) in [6.45, 7) is 0.498. The van der Waals surface area contributed by atoms with Crippen LogP contribution in [0, 0.1) is 11.8 Å². The molecule has 3 aromatic rings. The largest absolute Gasteiger partial charge is 0.497 e. The molecule has 0 saturated carbocycles. The summed E-state index contributed by atoms with van der Waals surface area (Å²) in [6.07, 6.45) is 5.03. The SMILES string of the molecule is COc1ccc2nc(C=C[C@H]3c4ccccc4CC4C(=O)OCC43)ccc2c1. The van der Waals surface area contributed by atoms with E-state index in [-0.39, 0.29) is 23.7 Å². The fraction of sp³-hybridized carbons (Fsp3) is 0.250. The molecule has 1 aliphatic carbocycles. The van der Waals surface area contributed by atoms with Crippen LogP contribution in [0.4, 0.5) is 0 Å². The van der Waals surface area contributed by atoms with Gasteiger partial charge in [-0.15, -0.1) is 0 Å². The highest BCUT2D eigenvalue weighted by Crippen LogP contribution is 2.44. The van der Waals surface area contributed by atoms with E-state index in [4.69, 9.17) is 14.5 Å². The summed E-state index contributed by atoms with van der Waals surface area (Å²) in [4.78, 5) is 16.9. The van der Waals surface area contributed by atoms with Gasteiger partial charge in [0.05, 0.1) is 30.8 Å². The first-order valence-electron chi connectivity index (χ1n) is 9.60. The molecule has 2 heterocycles. The summed E-state index contributed by atoms with van der Waals surface area (Å²) < 4.78 is 10.7. The van der Waals surface area contributed by atoms with Gasteiger partial charge in [-0.2, -0.15) is 0 Å². The van der Waals surface area contributed by atoms with Crippen LogP contribution in [0.25, 0.3) is 17.0 Å². The minimum atomic E-state index is -0.0596. The number of esters is 1. The minimum absolute atomic E-state index is 0.0402. The number of cyclic esters (lactones) is 1. The second-order valence-electron chi connectivity index (χ2n) is 7.48. The van der Waals surface area contributed by atoms with Crippen molar-refractivity contribution >= 4 is 22.9 Å². The molecule has 1 aromatic heterocycles. The normalized spacial score (nSPS) is 23.5. The van der Waals surface area contributed by atoms with Crippen LogP contribution >= 0.6 is 0 Å². The van der Waals surface area contributed by atoms with Gasteiger partial charge >= 0.3 is 5.97 Å². The topological polar surface area (TPSA) is 48.4 Å². The van der Waals surface area contributed by atoms with Gasteiger partial charge in [-0.25, -0.2) is 4.98 Å². The molecule has 4 heteroatoms. The van der Waals surface area contributed by atoms with Gasteiger partial charge in [0.1, 0.15) is 5.75 Å². The number of benzene rings is 2. The molecule has 0 bridgehead atoms. The Kier molecular flexibility index (Phi) is 4.12. The van der Waals surface area contributed by atoms with E-state index in [2.05, 4.69) is 36.4 Å². The van der Waals surface area contributed by atoms with E-state index in [9.17, 15) is 4.79 Å². The zero-order valence-electron chi connectivity index (χ0n) is 15.7. The van der Waals surface area contributed by atoms with Crippen molar-refractivity contribution in [3.05, 3.63) is 77.5 Å². The second kappa shape index (κ2) is 6.79. The molecule has 1 saturated heterocycles. The van der Waals surface area contributed by atoms with Crippen LogP contribution in [-0.4, -0.2) is 24.7 Å². The van der Waals surface area contributed by atoms with Crippen LogP contribution in [-0.2, 0) is 16.0 Å². The molecule has 0 amide bonds. The number of nitrogens with zero attached hydrogens (tertiary/aromatic N) is 1. The third-order valence-corrected chi connectivity index (χ3v) is 5.95. The highest BCUT2D eigenvalue weighted by Gasteiger charge is 2.44. The van der Waals surface area contributed by atoms with Gasteiger partial charge in [0.25, 0.3) is 0 Å². The fourth-order valence-electron chi connectivity index (χ4n) is 4.47. The smallest absolute Gasteiger partial charge is 0.309 e. The second-order valence-corrected chi connectivity index (χ2v) is 7.48. The average Bonchev–Trinajstić information content (AvgIpc) is 3.11. The number of methoxy groups -OCH3 is 1. The summed E-state index contributed by atoms with van der Waals surface area (Å²) >= 11 is 0. The van der Waals surface area contributed by atoms with Crippen LogP contribution in [0.15, 0.2) is 60.7 Å². The standard InChI is InChI=1S/C24H21NO3/c1-27-18-9-11-23-16(12-18)6-7-17(25-23)8-10-20-19-5-3-2-4-15(19)13-21-22(20)14-28-24(21)26/h2-12,20-22H,13-14H2,1H3/t20-,21?,22?/m0/s1. The lowest BCUT2D eigenvalue weighted by Crippen LogP contribution is -2.29. The Balaban J connectivity index is 1.49. The number of hydrogen-bond acceptors (Lipinski definition) is 4. The molecule has 2 unspecified atom stereocenters. The Morgan fingerprint density at radius 3 is 2.93 bits per heavy atom. The van der Waals surface area contributed by atoms with Gasteiger partial charge in [-0.1, -0.05) is 36.4 Å². The van der Waals surface area contributed by atoms with Crippen molar-refractivity contribution in [2.75, 3.05) is 13.7 Å². The highest BCUT2D eigenvalue weighted by atomic mass is 16.5.